The molecule has 0 N–H and O–H groups in total. The monoisotopic (exact) mass is 969 g/mol. The molecule has 0 bridgehead atoms. The predicted molar refractivity (Wildman–Crippen MR) is 291 cm³/mol. The molecule has 1 aliphatic carbocycles. The van der Waals surface area contributed by atoms with Crippen molar-refractivity contribution in [3.8, 4) is 16.8 Å². The Bertz CT molecular complexity index is 2470. The Hall–Kier alpha value is -3.82. The standard InChI is InChI=1S/C30H36ClN.C18H29Br.C13H9Cl/c1-3-5-7-9-13-23-19-24(14-10-8-6-4-2)21-26(20-23)32-29-16-12-11-15-27(29)28-18-17-25(31)22-30(28)32;1-3-5-7-9-11-16-13-17(15-18(19)14-16)12-10-8-6-4-2;14-11-5-6-13-10(8-11)7-9-3-1-2-4-12(9)13/h11-12,15-22H,3-10,13-14H2,1-2H3;13-15H,3-12H2,1-2H3;1-6,8H,7H2. The van der Waals surface area contributed by atoms with Crippen LogP contribution in [0, 0.1) is 0 Å². The molecule has 1 aliphatic rings. The maximum Gasteiger partial charge on any atom is 0.0555 e. The second-order valence-electron chi connectivity index (χ2n) is 18.4. The van der Waals surface area contributed by atoms with Gasteiger partial charge < -0.3 is 4.57 Å². The fourth-order valence-corrected chi connectivity index (χ4v) is 10.5. The molecule has 6 aromatic carbocycles. The van der Waals surface area contributed by atoms with Gasteiger partial charge in [0.15, 0.2) is 0 Å². The fourth-order valence-electron chi connectivity index (χ4n) is 9.53. The van der Waals surface area contributed by atoms with E-state index in [4.69, 9.17) is 23.2 Å². The highest BCUT2D eigenvalue weighted by Gasteiger charge is 2.17. The zero-order chi connectivity index (χ0) is 45.8. The van der Waals surface area contributed by atoms with Gasteiger partial charge in [-0.1, -0.05) is 211 Å². The molecule has 1 nitrogen and oxygen atoms in total. The first-order chi connectivity index (χ1) is 31.8. The summed E-state index contributed by atoms with van der Waals surface area (Å²) in [5.74, 6) is 0. The molecular formula is C61H74BrCl2N. The number of hydrogen-bond acceptors (Lipinski definition) is 0. The van der Waals surface area contributed by atoms with E-state index in [0.717, 1.165) is 29.3 Å². The van der Waals surface area contributed by atoms with Gasteiger partial charge in [-0.2, -0.15) is 0 Å². The van der Waals surface area contributed by atoms with Crippen molar-refractivity contribution in [2.75, 3.05) is 0 Å². The van der Waals surface area contributed by atoms with Gasteiger partial charge in [0.1, 0.15) is 0 Å². The molecule has 0 atom stereocenters. The van der Waals surface area contributed by atoms with E-state index in [9.17, 15) is 0 Å². The minimum absolute atomic E-state index is 0.789. The van der Waals surface area contributed by atoms with Crippen molar-refractivity contribution in [3.63, 3.8) is 0 Å². The summed E-state index contributed by atoms with van der Waals surface area (Å²) in [5.41, 5.74) is 15.1. The SMILES string of the molecule is CCCCCCc1cc(Br)cc(CCCCCC)c1.CCCCCCc1cc(CCCCCC)cc(-n2c3ccccc3c3ccc(Cl)cc32)c1.Clc1ccc2c(c1)Cc1ccccc1-2. The van der Waals surface area contributed by atoms with Crippen LogP contribution in [0.3, 0.4) is 0 Å². The van der Waals surface area contributed by atoms with Gasteiger partial charge in [0.05, 0.1) is 11.0 Å². The van der Waals surface area contributed by atoms with Gasteiger partial charge in [0.25, 0.3) is 0 Å². The lowest BCUT2D eigenvalue weighted by atomic mass is 9.99. The maximum atomic E-state index is 6.45. The van der Waals surface area contributed by atoms with E-state index in [2.05, 4.69) is 157 Å². The largest absolute Gasteiger partial charge is 0.309 e. The van der Waals surface area contributed by atoms with E-state index in [-0.39, 0.29) is 0 Å². The van der Waals surface area contributed by atoms with Crippen LogP contribution in [-0.4, -0.2) is 4.57 Å². The highest BCUT2D eigenvalue weighted by molar-refractivity contribution is 9.10. The van der Waals surface area contributed by atoms with E-state index < -0.39 is 0 Å². The summed E-state index contributed by atoms with van der Waals surface area (Å²) in [6.45, 7) is 9.10. The number of hydrogen-bond donors (Lipinski definition) is 0. The van der Waals surface area contributed by atoms with Crippen LogP contribution in [0.4, 0.5) is 0 Å². The van der Waals surface area contributed by atoms with Gasteiger partial charge in [-0.3, -0.25) is 0 Å². The van der Waals surface area contributed by atoms with E-state index in [0.29, 0.717) is 0 Å². The minimum Gasteiger partial charge on any atom is -0.309 e. The Kier molecular flexibility index (Phi) is 21.1. The quantitative estimate of drug-likeness (QED) is 0.0633. The van der Waals surface area contributed by atoms with Gasteiger partial charge in [-0.15, -0.1) is 0 Å². The van der Waals surface area contributed by atoms with Crippen molar-refractivity contribution >= 4 is 60.9 Å². The zero-order valence-corrected chi connectivity index (χ0v) is 43.1. The first kappa shape index (κ1) is 50.6. The van der Waals surface area contributed by atoms with Crippen LogP contribution >= 0.6 is 39.1 Å². The number of fused-ring (bicyclic) bond motifs is 6. The Morgan fingerprint density at radius 2 is 0.877 bits per heavy atom. The number of halogens is 3. The minimum atomic E-state index is 0.789. The van der Waals surface area contributed by atoms with Crippen molar-refractivity contribution in [1.29, 1.82) is 0 Å². The van der Waals surface area contributed by atoms with Gasteiger partial charge in [0, 0.05) is 31.0 Å². The average Bonchev–Trinajstić information content (AvgIpc) is 3.84. The van der Waals surface area contributed by atoms with E-state index in [1.807, 2.05) is 12.1 Å². The molecule has 0 aliphatic heterocycles. The molecule has 65 heavy (non-hydrogen) atoms. The summed E-state index contributed by atoms with van der Waals surface area (Å²) in [5, 5.41) is 4.17. The number of benzene rings is 6. The van der Waals surface area contributed by atoms with Gasteiger partial charge in [-0.05, 0) is 157 Å². The van der Waals surface area contributed by atoms with Crippen molar-refractivity contribution in [2.24, 2.45) is 0 Å². The Morgan fingerprint density at radius 1 is 0.415 bits per heavy atom. The number of rotatable bonds is 21. The third kappa shape index (κ3) is 15.1. The lowest BCUT2D eigenvalue weighted by Crippen LogP contribution is -1.99. The molecule has 1 heterocycles. The number of aromatic nitrogens is 1. The van der Waals surface area contributed by atoms with Crippen molar-refractivity contribution in [3.05, 3.63) is 169 Å². The molecule has 4 heteroatoms. The fraction of sp³-hybridized carbons (Fsp3) is 0.410. The molecule has 7 aromatic rings. The molecule has 0 amide bonds. The zero-order valence-electron chi connectivity index (χ0n) is 40.0. The average molecular weight is 972 g/mol. The third-order valence-electron chi connectivity index (χ3n) is 13.0. The number of unbranched alkanes of at least 4 members (excludes halogenated alkanes) is 12. The Labute approximate surface area is 411 Å². The van der Waals surface area contributed by atoms with Gasteiger partial charge >= 0.3 is 0 Å². The van der Waals surface area contributed by atoms with Crippen molar-refractivity contribution in [1.82, 2.24) is 4.57 Å². The molecule has 0 fully saturated rings. The van der Waals surface area contributed by atoms with Gasteiger partial charge in [-0.25, -0.2) is 0 Å². The Morgan fingerprint density at radius 3 is 1.45 bits per heavy atom. The smallest absolute Gasteiger partial charge is 0.0555 e. The molecule has 0 unspecified atom stereocenters. The Balaban J connectivity index is 0.000000179. The summed E-state index contributed by atoms with van der Waals surface area (Å²) in [6, 6.07) is 44.0. The number of nitrogens with zero attached hydrogens (tertiary/aromatic N) is 1. The number of para-hydroxylation sites is 1. The highest BCUT2D eigenvalue weighted by atomic mass is 79.9. The summed E-state index contributed by atoms with van der Waals surface area (Å²) in [6.07, 6.45) is 27.0. The predicted octanol–water partition coefficient (Wildman–Crippen LogP) is 20.3. The summed E-state index contributed by atoms with van der Waals surface area (Å²) in [4.78, 5) is 0. The van der Waals surface area contributed by atoms with Crippen LogP contribution in [0.1, 0.15) is 164 Å². The molecule has 1 aromatic heterocycles. The molecule has 8 rings (SSSR count). The summed E-state index contributed by atoms with van der Waals surface area (Å²) in [7, 11) is 0. The van der Waals surface area contributed by atoms with Crippen LogP contribution in [0.5, 0.6) is 0 Å². The number of aryl methyl sites for hydroxylation is 4. The van der Waals surface area contributed by atoms with Crippen molar-refractivity contribution in [2.45, 2.75) is 163 Å². The molecule has 344 valence electrons. The molecular weight excluding hydrogens is 897 g/mol. The summed E-state index contributed by atoms with van der Waals surface area (Å²) >= 11 is 16.1. The lowest BCUT2D eigenvalue weighted by molar-refractivity contribution is 0.661. The van der Waals surface area contributed by atoms with Crippen LogP contribution in [0.25, 0.3) is 38.6 Å². The van der Waals surface area contributed by atoms with Crippen LogP contribution in [0.2, 0.25) is 10.0 Å². The van der Waals surface area contributed by atoms with E-state index in [1.54, 1.807) is 0 Å². The van der Waals surface area contributed by atoms with E-state index >= 15 is 0 Å². The first-order valence-electron chi connectivity index (χ1n) is 25.3. The van der Waals surface area contributed by atoms with E-state index in [1.165, 1.54) is 192 Å². The second kappa shape index (κ2) is 27.1. The molecule has 0 saturated carbocycles. The molecule has 0 radical (unpaired) electrons. The lowest BCUT2D eigenvalue weighted by Gasteiger charge is -2.14. The van der Waals surface area contributed by atoms with Gasteiger partial charge in [0.2, 0.25) is 0 Å². The normalized spacial score (nSPS) is 11.6. The van der Waals surface area contributed by atoms with Crippen LogP contribution < -0.4 is 0 Å². The molecule has 0 saturated heterocycles. The molecule has 0 spiro atoms. The van der Waals surface area contributed by atoms with Crippen LogP contribution in [-0.2, 0) is 32.1 Å². The topological polar surface area (TPSA) is 4.93 Å². The maximum absolute atomic E-state index is 6.45. The van der Waals surface area contributed by atoms with Crippen LogP contribution in [0.15, 0.2) is 126 Å². The van der Waals surface area contributed by atoms with Crippen molar-refractivity contribution < 1.29 is 0 Å². The second-order valence-corrected chi connectivity index (χ2v) is 20.2. The first-order valence-corrected chi connectivity index (χ1v) is 26.8. The summed E-state index contributed by atoms with van der Waals surface area (Å²) < 4.78 is 3.67. The highest BCUT2D eigenvalue weighted by Crippen LogP contribution is 2.38. The third-order valence-corrected chi connectivity index (χ3v) is 13.9.